The SMILES string of the molecule is C=CC(=O)OCCCCCCOc1ccc(C(OO)c2ccc3cc(/C=N\N=C/c4ccc(OC)cc4)ccc3c2)cc1CO. The number of carbonyl (C=O) groups is 1. The van der Waals surface area contributed by atoms with E-state index in [1.165, 1.54) is 0 Å². The Morgan fingerprint density at radius 2 is 1.47 bits per heavy atom. The van der Waals surface area contributed by atoms with Gasteiger partial charge in [0.1, 0.15) is 17.6 Å². The van der Waals surface area contributed by atoms with Crippen molar-refractivity contribution >= 4 is 29.2 Å². The van der Waals surface area contributed by atoms with E-state index in [9.17, 15) is 15.2 Å². The third-order valence-corrected chi connectivity index (χ3v) is 7.16. The molecule has 0 aliphatic carbocycles. The van der Waals surface area contributed by atoms with Gasteiger partial charge in [-0.3, -0.25) is 5.26 Å². The molecule has 0 amide bonds. The van der Waals surface area contributed by atoms with E-state index in [0.29, 0.717) is 30.1 Å². The fraction of sp³-hybridized carbons (Fsp3) is 0.250. The third-order valence-electron chi connectivity index (χ3n) is 7.16. The number of benzene rings is 4. The topological polar surface area (TPSA) is 119 Å². The number of hydrogen-bond acceptors (Lipinski definition) is 9. The molecule has 0 saturated heterocycles. The normalized spacial score (nSPS) is 12.1. The summed E-state index contributed by atoms with van der Waals surface area (Å²) >= 11 is 0. The van der Waals surface area contributed by atoms with Crippen molar-refractivity contribution in [3.8, 4) is 11.5 Å². The molecule has 2 N–H and O–H groups in total. The highest BCUT2D eigenvalue weighted by molar-refractivity contribution is 5.91. The summed E-state index contributed by atoms with van der Waals surface area (Å²) in [5, 5.41) is 30.1. The van der Waals surface area contributed by atoms with Gasteiger partial charge in [-0.2, -0.15) is 10.2 Å². The summed E-state index contributed by atoms with van der Waals surface area (Å²) in [4.78, 5) is 16.0. The summed E-state index contributed by atoms with van der Waals surface area (Å²) in [6.07, 6.45) is 7.22. The zero-order valence-corrected chi connectivity index (χ0v) is 25.3. The van der Waals surface area contributed by atoms with E-state index in [1.54, 1.807) is 31.7 Å². The van der Waals surface area contributed by atoms with Gasteiger partial charge in [-0.05, 0) is 107 Å². The Kier molecular flexibility index (Phi) is 12.8. The molecule has 0 spiro atoms. The predicted octanol–water partition coefficient (Wildman–Crippen LogP) is 7.04. The van der Waals surface area contributed by atoms with Gasteiger partial charge in [-0.25, -0.2) is 9.68 Å². The Morgan fingerprint density at radius 1 is 0.822 bits per heavy atom. The van der Waals surface area contributed by atoms with Crippen LogP contribution >= 0.6 is 0 Å². The second kappa shape index (κ2) is 17.5. The highest BCUT2D eigenvalue weighted by Crippen LogP contribution is 2.31. The second-order valence-electron chi connectivity index (χ2n) is 10.3. The highest BCUT2D eigenvalue weighted by atomic mass is 17.1. The van der Waals surface area contributed by atoms with Crippen molar-refractivity contribution in [2.75, 3.05) is 20.3 Å². The molecule has 9 nitrogen and oxygen atoms in total. The minimum absolute atomic E-state index is 0.220. The van der Waals surface area contributed by atoms with E-state index in [0.717, 1.165) is 65.0 Å². The Morgan fingerprint density at radius 3 is 2.18 bits per heavy atom. The van der Waals surface area contributed by atoms with Gasteiger partial charge in [0.2, 0.25) is 0 Å². The van der Waals surface area contributed by atoms with Crippen LogP contribution in [-0.4, -0.2) is 49.1 Å². The van der Waals surface area contributed by atoms with Crippen LogP contribution in [0.2, 0.25) is 0 Å². The van der Waals surface area contributed by atoms with Crippen molar-refractivity contribution in [2.45, 2.75) is 38.4 Å². The number of ether oxygens (including phenoxy) is 3. The molecule has 4 aromatic rings. The number of rotatable bonds is 17. The van der Waals surface area contributed by atoms with Gasteiger partial charge in [0.05, 0.1) is 39.4 Å². The van der Waals surface area contributed by atoms with Crippen LogP contribution in [0.1, 0.15) is 59.6 Å². The Hall–Kier alpha value is -4.83. The summed E-state index contributed by atoms with van der Waals surface area (Å²) in [7, 11) is 1.63. The van der Waals surface area contributed by atoms with E-state index in [1.807, 2.05) is 66.7 Å². The smallest absolute Gasteiger partial charge is 0.330 e. The van der Waals surface area contributed by atoms with Crippen LogP contribution in [-0.2, 0) is 21.0 Å². The number of nitrogens with zero attached hydrogens (tertiary/aromatic N) is 2. The lowest BCUT2D eigenvalue weighted by molar-refractivity contribution is -0.270. The Bertz CT molecular complexity index is 1620. The Balaban J connectivity index is 1.35. The number of aliphatic hydroxyl groups is 1. The van der Waals surface area contributed by atoms with Crippen LogP contribution in [0.5, 0.6) is 11.5 Å². The first kappa shape index (κ1) is 33.1. The molecule has 1 unspecified atom stereocenters. The number of methoxy groups -OCH3 is 1. The molecule has 234 valence electrons. The van der Waals surface area contributed by atoms with Gasteiger partial charge in [0.15, 0.2) is 0 Å². The van der Waals surface area contributed by atoms with Crippen LogP contribution in [0, 0.1) is 0 Å². The lowest BCUT2D eigenvalue weighted by Gasteiger charge is -2.18. The van der Waals surface area contributed by atoms with Gasteiger partial charge in [-0.15, -0.1) is 0 Å². The molecule has 0 saturated carbocycles. The molecule has 45 heavy (non-hydrogen) atoms. The quantitative estimate of drug-likeness (QED) is 0.0329. The largest absolute Gasteiger partial charge is 0.497 e. The van der Waals surface area contributed by atoms with Gasteiger partial charge in [0.25, 0.3) is 0 Å². The standard InChI is InChI=1S/C36H38N2O7/c1-3-35(40)44-19-7-5-4-6-18-43-34-17-14-31(22-32(34)25-39)36(45-41)30-13-12-28-20-27(8-11-29(28)21-30)24-38-37-23-26-9-15-33(42-2)16-10-26/h3,8-17,20-24,36,39,41H,1,4-7,18-19,25H2,2H3/b37-23-,38-24-. The summed E-state index contributed by atoms with van der Waals surface area (Å²) < 4.78 is 16.1. The van der Waals surface area contributed by atoms with Gasteiger partial charge < -0.3 is 19.3 Å². The van der Waals surface area contributed by atoms with E-state index in [4.69, 9.17) is 19.1 Å². The summed E-state index contributed by atoms with van der Waals surface area (Å²) in [5.41, 5.74) is 3.86. The van der Waals surface area contributed by atoms with Crippen LogP contribution < -0.4 is 9.47 Å². The van der Waals surface area contributed by atoms with Gasteiger partial charge in [-0.1, -0.05) is 36.9 Å². The lowest BCUT2D eigenvalue weighted by atomic mass is 9.96. The first-order valence-electron chi connectivity index (χ1n) is 14.7. The Labute approximate surface area is 263 Å². The summed E-state index contributed by atoms with van der Waals surface area (Å²) in [5.74, 6) is 0.961. The average molecular weight is 611 g/mol. The molecule has 0 heterocycles. The van der Waals surface area contributed by atoms with Crippen molar-refractivity contribution in [2.24, 2.45) is 10.2 Å². The average Bonchev–Trinajstić information content (AvgIpc) is 3.08. The highest BCUT2D eigenvalue weighted by Gasteiger charge is 2.18. The molecular formula is C36H38N2O7. The zero-order chi connectivity index (χ0) is 31.9. The van der Waals surface area contributed by atoms with Crippen molar-refractivity contribution in [3.63, 3.8) is 0 Å². The zero-order valence-electron chi connectivity index (χ0n) is 25.3. The first-order valence-corrected chi connectivity index (χ1v) is 14.7. The minimum atomic E-state index is -0.752. The number of unbranched alkanes of at least 4 members (excludes halogenated alkanes) is 3. The summed E-state index contributed by atoms with van der Waals surface area (Å²) in [6, 6.07) is 24.7. The van der Waals surface area contributed by atoms with E-state index < -0.39 is 12.1 Å². The maximum Gasteiger partial charge on any atom is 0.330 e. The predicted molar refractivity (Wildman–Crippen MR) is 175 cm³/mol. The third kappa shape index (κ3) is 9.84. The van der Waals surface area contributed by atoms with Crippen molar-refractivity contribution in [3.05, 3.63) is 119 Å². The van der Waals surface area contributed by atoms with E-state index >= 15 is 0 Å². The molecule has 0 bridgehead atoms. The number of esters is 1. The molecule has 0 aliphatic rings. The van der Waals surface area contributed by atoms with Crippen LogP contribution in [0.3, 0.4) is 0 Å². The van der Waals surface area contributed by atoms with E-state index in [-0.39, 0.29) is 6.61 Å². The van der Waals surface area contributed by atoms with Gasteiger partial charge in [0, 0.05) is 11.6 Å². The fourth-order valence-electron chi connectivity index (χ4n) is 4.73. The van der Waals surface area contributed by atoms with Gasteiger partial charge >= 0.3 is 5.97 Å². The lowest BCUT2D eigenvalue weighted by Crippen LogP contribution is -2.07. The van der Waals surface area contributed by atoms with Crippen molar-refractivity contribution in [1.29, 1.82) is 0 Å². The molecule has 0 aliphatic heterocycles. The van der Waals surface area contributed by atoms with Crippen LogP contribution in [0.25, 0.3) is 10.8 Å². The fourth-order valence-corrected chi connectivity index (χ4v) is 4.73. The molecule has 9 heteroatoms. The minimum Gasteiger partial charge on any atom is -0.497 e. The summed E-state index contributed by atoms with van der Waals surface area (Å²) in [6.45, 7) is 4.02. The second-order valence-corrected chi connectivity index (χ2v) is 10.3. The van der Waals surface area contributed by atoms with Crippen molar-refractivity contribution < 1.29 is 34.3 Å². The van der Waals surface area contributed by atoms with Crippen molar-refractivity contribution in [1.82, 2.24) is 0 Å². The maximum atomic E-state index is 11.1. The molecule has 0 aromatic heterocycles. The number of hydrogen-bond donors (Lipinski definition) is 2. The van der Waals surface area contributed by atoms with E-state index in [2.05, 4.69) is 16.8 Å². The molecule has 4 aromatic carbocycles. The number of carbonyl (C=O) groups excluding carboxylic acids is 1. The molecule has 4 rings (SSSR count). The first-order chi connectivity index (χ1) is 22.0. The molecular weight excluding hydrogens is 572 g/mol. The maximum absolute atomic E-state index is 11.1. The van der Waals surface area contributed by atoms with Crippen LogP contribution in [0.4, 0.5) is 0 Å². The number of aliphatic hydroxyl groups excluding tert-OH is 1. The number of fused-ring (bicyclic) bond motifs is 1. The molecule has 0 fully saturated rings. The molecule has 0 radical (unpaired) electrons. The monoisotopic (exact) mass is 610 g/mol. The van der Waals surface area contributed by atoms with Crippen LogP contribution in [0.15, 0.2) is 102 Å². The molecule has 1 atom stereocenters.